The summed E-state index contributed by atoms with van der Waals surface area (Å²) in [7, 11) is -4.04. The molecule has 2 aromatic heterocycles. The number of nitrogens with zero attached hydrogens (tertiary/aromatic N) is 6. The minimum Gasteiger partial charge on any atom is -0.494 e. The zero-order chi connectivity index (χ0) is 41.8. The predicted octanol–water partition coefficient (Wildman–Crippen LogP) is 7.45. The molecule has 2 heterocycles. The molecule has 1 atom stereocenters. The third-order valence-corrected chi connectivity index (χ3v) is 12.5. The summed E-state index contributed by atoms with van der Waals surface area (Å²) in [6.07, 6.45) is 9.33. The molecule has 0 saturated carbocycles. The van der Waals surface area contributed by atoms with Crippen LogP contribution < -0.4 is 18.5 Å². The van der Waals surface area contributed by atoms with Crippen molar-refractivity contribution in [3.8, 4) is 40.7 Å². The highest BCUT2D eigenvalue weighted by molar-refractivity contribution is 7.92. The van der Waals surface area contributed by atoms with Crippen LogP contribution in [0.15, 0.2) is 59.5 Å². The van der Waals surface area contributed by atoms with Gasteiger partial charge in [-0.1, -0.05) is 90.3 Å². The molecular formula is C41H56N6O8S2. The standard InChI is InChI=1S/C41H56N6O8S2/c1-41(2,3)25-15-13-11-9-8-10-12-14-16-26-46(57(51,52)29-33(48)31-24-23-30(28-42)27-36(31)56(7,49)50)40-45-44-39(32-19-17-22-37(43-32)55-6)47(40)38-34(53-4)20-18-21-35(38)54-5/h17-24,27,33,48H,8-16,25-26,29H2,1-7H3/t33-/m1/s1. The number of hydrogen-bond donors (Lipinski definition) is 1. The highest BCUT2D eigenvalue weighted by Crippen LogP contribution is 2.39. The van der Waals surface area contributed by atoms with E-state index in [2.05, 4.69) is 36.0 Å². The second-order valence-corrected chi connectivity index (χ2v) is 19.2. The fraction of sp³-hybridized carbons (Fsp3) is 0.512. The first-order chi connectivity index (χ1) is 27.0. The fourth-order valence-corrected chi connectivity index (χ4v) is 9.11. The first-order valence-electron chi connectivity index (χ1n) is 19.2. The Labute approximate surface area is 337 Å². The van der Waals surface area contributed by atoms with E-state index in [4.69, 9.17) is 14.2 Å². The van der Waals surface area contributed by atoms with Gasteiger partial charge >= 0.3 is 0 Å². The number of ether oxygens (including phenoxy) is 3. The maximum Gasteiger partial charge on any atom is 0.246 e. The van der Waals surface area contributed by atoms with Gasteiger partial charge in [0.25, 0.3) is 0 Å². The number of hydrogen-bond acceptors (Lipinski definition) is 12. The van der Waals surface area contributed by atoms with Crippen molar-refractivity contribution in [2.75, 3.05) is 44.2 Å². The topological polar surface area (TPSA) is 187 Å². The molecule has 16 heteroatoms. The van der Waals surface area contributed by atoms with Crippen molar-refractivity contribution in [1.82, 2.24) is 19.7 Å². The molecule has 310 valence electrons. The van der Waals surface area contributed by atoms with Crippen LogP contribution in [0.4, 0.5) is 5.95 Å². The summed E-state index contributed by atoms with van der Waals surface area (Å²) in [5.74, 6) is 0.0670. The highest BCUT2D eigenvalue weighted by Gasteiger charge is 2.35. The molecule has 14 nitrogen and oxygen atoms in total. The Hall–Kier alpha value is -4.72. The van der Waals surface area contributed by atoms with E-state index in [0.29, 0.717) is 34.7 Å². The molecule has 4 aromatic rings. The van der Waals surface area contributed by atoms with Gasteiger partial charge in [0, 0.05) is 24.4 Å². The molecular weight excluding hydrogens is 769 g/mol. The Morgan fingerprint density at radius 1 is 0.825 bits per heavy atom. The molecule has 0 fully saturated rings. The number of aliphatic hydroxyl groups is 1. The quantitative estimate of drug-likeness (QED) is 0.0773. The number of methoxy groups -OCH3 is 3. The van der Waals surface area contributed by atoms with Gasteiger partial charge in [0.2, 0.25) is 21.9 Å². The van der Waals surface area contributed by atoms with Gasteiger partial charge in [0.1, 0.15) is 22.9 Å². The average molecular weight is 825 g/mol. The lowest BCUT2D eigenvalue weighted by molar-refractivity contribution is 0.198. The number of aliphatic hydroxyl groups excluding tert-OH is 1. The first kappa shape index (κ1) is 45.0. The lowest BCUT2D eigenvalue weighted by Crippen LogP contribution is -2.38. The molecule has 57 heavy (non-hydrogen) atoms. The smallest absolute Gasteiger partial charge is 0.246 e. The molecule has 0 aliphatic rings. The van der Waals surface area contributed by atoms with Gasteiger partial charge < -0.3 is 19.3 Å². The Kier molecular flexibility index (Phi) is 15.9. The molecule has 0 spiro atoms. The Balaban J connectivity index is 1.73. The van der Waals surface area contributed by atoms with Crippen LogP contribution in [-0.2, 0) is 19.9 Å². The van der Waals surface area contributed by atoms with Crippen LogP contribution in [0.1, 0.15) is 102 Å². The van der Waals surface area contributed by atoms with Gasteiger partial charge in [-0.25, -0.2) is 26.1 Å². The largest absolute Gasteiger partial charge is 0.494 e. The normalized spacial score (nSPS) is 12.5. The van der Waals surface area contributed by atoms with Gasteiger partial charge in [-0.05, 0) is 48.6 Å². The highest BCUT2D eigenvalue weighted by atomic mass is 32.2. The molecule has 0 aliphatic carbocycles. The van der Waals surface area contributed by atoms with Gasteiger partial charge in [-0.3, -0.25) is 4.57 Å². The number of pyridine rings is 1. The number of aromatic nitrogens is 4. The van der Waals surface area contributed by atoms with Crippen molar-refractivity contribution >= 4 is 25.8 Å². The lowest BCUT2D eigenvalue weighted by Gasteiger charge is -2.26. The molecule has 0 amide bonds. The van der Waals surface area contributed by atoms with Crippen molar-refractivity contribution in [2.45, 2.75) is 96.0 Å². The monoisotopic (exact) mass is 824 g/mol. The van der Waals surface area contributed by atoms with E-state index >= 15 is 0 Å². The van der Waals surface area contributed by atoms with Crippen LogP contribution in [0.2, 0.25) is 0 Å². The number of benzene rings is 2. The van der Waals surface area contributed by atoms with Crippen molar-refractivity contribution in [3.05, 3.63) is 65.7 Å². The first-order valence-corrected chi connectivity index (χ1v) is 22.7. The summed E-state index contributed by atoms with van der Waals surface area (Å²) in [6.45, 7) is 6.76. The van der Waals surface area contributed by atoms with E-state index in [9.17, 15) is 27.2 Å². The summed E-state index contributed by atoms with van der Waals surface area (Å²) in [5.41, 5.74) is 0.868. The maximum atomic E-state index is 14.7. The number of para-hydroxylation sites is 1. The van der Waals surface area contributed by atoms with Gasteiger partial charge in [-0.2, -0.15) is 5.26 Å². The number of rotatable bonds is 22. The Bertz CT molecular complexity index is 2190. The third kappa shape index (κ3) is 12.1. The summed E-state index contributed by atoms with van der Waals surface area (Å²) < 4.78 is 74.3. The van der Waals surface area contributed by atoms with Crippen molar-refractivity contribution in [2.24, 2.45) is 5.41 Å². The van der Waals surface area contributed by atoms with E-state index in [0.717, 1.165) is 48.7 Å². The zero-order valence-electron chi connectivity index (χ0n) is 34.1. The van der Waals surface area contributed by atoms with Gasteiger partial charge in [-0.15, -0.1) is 10.2 Å². The van der Waals surface area contributed by atoms with Crippen LogP contribution in [0.25, 0.3) is 17.2 Å². The second-order valence-electron chi connectivity index (χ2n) is 15.2. The molecule has 0 saturated heterocycles. The predicted molar refractivity (Wildman–Crippen MR) is 220 cm³/mol. The summed E-state index contributed by atoms with van der Waals surface area (Å²) in [4.78, 5) is 4.22. The van der Waals surface area contributed by atoms with E-state index < -0.39 is 31.7 Å². The van der Waals surface area contributed by atoms with E-state index in [1.54, 1.807) is 36.4 Å². The minimum absolute atomic E-state index is 0.0324. The van der Waals surface area contributed by atoms with Gasteiger partial charge in [0.05, 0.1) is 49.7 Å². The molecule has 0 bridgehead atoms. The third-order valence-electron chi connectivity index (χ3n) is 9.55. The zero-order valence-corrected chi connectivity index (χ0v) is 35.7. The minimum atomic E-state index is -4.50. The van der Waals surface area contributed by atoms with E-state index in [-0.39, 0.29) is 40.2 Å². The molecule has 4 rings (SSSR count). The van der Waals surface area contributed by atoms with Crippen LogP contribution >= 0.6 is 0 Å². The summed E-state index contributed by atoms with van der Waals surface area (Å²) in [5, 5.41) is 29.8. The molecule has 0 aliphatic heterocycles. The number of sulfonamides is 1. The molecule has 2 aromatic carbocycles. The van der Waals surface area contributed by atoms with Gasteiger partial charge in [0.15, 0.2) is 15.7 Å². The van der Waals surface area contributed by atoms with E-state index in [1.165, 1.54) is 63.7 Å². The van der Waals surface area contributed by atoms with Crippen LogP contribution in [0.5, 0.6) is 17.4 Å². The number of sulfone groups is 1. The number of unbranched alkanes of at least 4 members (excludes halogenated alkanes) is 8. The van der Waals surface area contributed by atoms with Crippen LogP contribution in [0.3, 0.4) is 0 Å². The Morgan fingerprint density at radius 2 is 1.42 bits per heavy atom. The molecule has 0 unspecified atom stereocenters. The summed E-state index contributed by atoms with van der Waals surface area (Å²) in [6, 6.07) is 15.8. The molecule has 0 radical (unpaired) electrons. The second kappa shape index (κ2) is 20.1. The van der Waals surface area contributed by atoms with Crippen molar-refractivity contribution in [1.29, 1.82) is 5.26 Å². The van der Waals surface area contributed by atoms with Crippen molar-refractivity contribution in [3.63, 3.8) is 0 Å². The van der Waals surface area contributed by atoms with Crippen LogP contribution in [0, 0.1) is 16.7 Å². The SMILES string of the molecule is COc1cccc(-c2nnc(N(CCCCCCCCCCCC(C)(C)C)S(=O)(=O)C[C@@H](O)c3ccc(C#N)cc3S(C)(=O)=O)n2-c2c(OC)cccc2OC)n1. The molecule has 1 N–H and O–H groups in total. The number of anilines is 1. The Morgan fingerprint density at radius 3 is 1.98 bits per heavy atom. The average Bonchev–Trinajstić information content (AvgIpc) is 3.60. The maximum absolute atomic E-state index is 14.7. The number of nitriles is 1. The summed E-state index contributed by atoms with van der Waals surface area (Å²) >= 11 is 0. The lowest BCUT2D eigenvalue weighted by atomic mass is 9.89. The van der Waals surface area contributed by atoms with Crippen LogP contribution in [-0.4, -0.2) is 81.6 Å². The van der Waals surface area contributed by atoms with E-state index in [1.807, 2.05) is 6.07 Å². The van der Waals surface area contributed by atoms with Crippen molar-refractivity contribution < 1.29 is 36.2 Å². The fourth-order valence-electron chi connectivity index (χ4n) is 6.61.